The number of nitrogens with zero attached hydrogens (tertiary/aromatic N) is 3. The predicted octanol–water partition coefficient (Wildman–Crippen LogP) is -0.378. The standard InChI is InChI=1S/C9H7N7O2/c17-8(7-13-15-16-14-7)10-4-1-2-5-6(3-4)12-9(18)11-5/h1-3H,(H,10,17)(H2,11,12,18)(H,13,14,15,16). The molecule has 90 valence electrons. The predicted molar refractivity (Wildman–Crippen MR) is 61.1 cm³/mol. The molecule has 0 saturated carbocycles. The van der Waals surface area contributed by atoms with E-state index in [9.17, 15) is 9.59 Å². The molecular weight excluding hydrogens is 238 g/mol. The summed E-state index contributed by atoms with van der Waals surface area (Å²) >= 11 is 0. The molecule has 0 spiro atoms. The summed E-state index contributed by atoms with van der Waals surface area (Å²) in [5.74, 6) is -0.543. The molecule has 1 aromatic carbocycles. The van der Waals surface area contributed by atoms with Crippen LogP contribution in [0.15, 0.2) is 23.0 Å². The molecule has 0 bridgehead atoms. The van der Waals surface area contributed by atoms with E-state index in [2.05, 4.69) is 35.9 Å². The Hall–Kier alpha value is -2.97. The summed E-state index contributed by atoms with van der Waals surface area (Å²) < 4.78 is 0. The van der Waals surface area contributed by atoms with Crippen LogP contribution in [0, 0.1) is 0 Å². The Labute approximate surface area is 98.6 Å². The number of tetrazole rings is 1. The van der Waals surface area contributed by atoms with Crippen molar-refractivity contribution in [3.63, 3.8) is 0 Å². The first-order valence-electron chi connectivity index (χ1n) is 4.99. The van der Waals surface area contributed by atoms with E-state index in [4.69, 9.17) is 0 Å². The van der Waals surface area contributed by atoms with Gasteiger partial charge in [-0.3, -0.25) is 4.79 Å². The minimum atomic E-state index is -0.485. The molecule has 0 aliphatic carbocycles. The van der Waals surface area contributed by atoms with Crippen LogP contribution in [0.3, 0.4) is 0 Å². The number of aromatic amines is 3. The fraction of sp³-hybridized carbons (Fsp3) is 0. The maximum atomic E-state index is 11.6. The first-order valence-corrected chi connectivity index (χ1v) is 4.99. The van der Waals surface area contributed by atoms with Gasteiger partial charge in [-0.1, -0.05) is 0 Å². The molecule has 1 amide bonds. The maximum Gasteiger partial charge on any atom is 0.323 e. The normalized spacial score (nSPS) is 10.7. The second kappa shape index (κ2) is 3.80. The minimum absolute atomic E-state index is 0.0577. The van der Waals surface area contributed by atoms with Crippen molar-refractivity contribution in [3.05, 3.63) is 34.5 Å². The van der Waals surface area contributed by atoms with Gasteiger partial charge in [0.1, 0.15) is 0 Å². The molecule has 0 unspecified atom stereocenters. The zero-order chi connectivity index (χ0) is 12.5. The fourth-order valence-corrected chi connectivity index (χ4v) is 1.56. The van der Waals surface area contributed by atoms with Gasteiger partial charge in [0.15, 0.2) is 0 Å². The smallest absolute Gasteiger partial charge is 0.319 e. The van der Waals surface area contributed by atoms with Crippen LogP contribution in [-0.4, -0.2) is 36.5 Å². The molecule has 0 aliphatic heterocycles. The van der Waals surface area contributed by atoms with E-state index >= 15 is 0 Å². The number of aromatic nitrogens is 6. The third kappa shape index (κ3) is 1.73. The molecule has 0 fully saturated rings. The molecule has 0 radical (unpaired) electrons. The van der Waals surface area contributed by atoms with Crippen LogP contribution in [0.4, 0.5) is 5.69 Å². The first-order chi connectivity index (χ1) is 8.72. The van der Waals surface area contributed by atoms with Gasteiger partial charge in [-0.15, -0.1) is 10.2 Å². The highest BCUT2D eigenvalue weighted by atomic mass is 16.2. The number of carbonyl (C=O) groups is 1. The average molecular weight is 245 g/mol. The molecule has 3 rings (SSSR count). The molecule has 2 heterocycles. The number of nitrogens with one attached hydrogen (secondary N) is 4. The highest BCUT2D eigenvalue weighted by molar-refractivity contribution is 6.02. The molecule has 9 nitrogen and oxygen atoms in total. The van der Waals surface area contributed by atoms with Gasteiger partial charge >= 0.3 is 5.69 Å². The van der Waals surface area contributed by atoms with Gasteiger partial charge in [-0.25, -0.2) is 4.79 Å². The lowest BCUT2D eigenvalue weighted by molar-refractivity contribution is 0.101. The molecule has 0 aliphatic rings. The Bertz CT molecular complexity index is 755. The number of fused-ring (bicyclic) bond motifs is 1. The van der Waals surface area contributed by atoms with E-state index in [1.54, 1.807) is 18.2 Å². The molecule has 18 heavy (non-hydrogen) atoms. The number of hydrogen-bond donors (Lipinski definition) is 4. The summed E-state index contributed by atoms with van der Waals surface area (Å²) in [6, 6.07) is 4.97. The lowest BCUT2D eigenvalue weighted by atomic mass is 10.2. The molecule has 9 heteroatoms. The van der Waals surface area contributed by atoms with Gasteiger partial charge in [0.05, 0.1) is 11.0 Å². The quantitative estimate of drug-likeness (QED) is 0.488. The maximum absolute atomic E-state index is 11.6. The van der Waals surface area contributed by atoms with Gasteiger partial charge < -0.3 is 15.3 Å². The number of imidazole rings is 1. The molecule has 3 aromatic rings. The fourth-order valence-electron chi connectivity index (χ4n) is 1.56. The van der Waals surface area contributed by atoms with Gasteiger partial charge in [-0.05, 0) is 23.4 Å². The molecule has 0 atom stereocenters. The van der Waals surface area contributed by atoms with Crippen molar-refractivity contribution < 1.29 is 4.79 Å². The lowest BCUT2D eigenvalue weighted by Crippen LogP contribution is -2.13. The van der Waals surface area contributed by atoms with Crippen LogP contribution in [0.25, 0.3) is 11.0 Å². The van der Waals surface area contributed by atoms with Gasteiger partial charge in [-0.2, -0.15) is 5.21 Å². The van der Waals surface area contributed by atoms with Crippen LogP contribution >= 0.6 is 0 Å². The zero-order valence-electron chi connectivity index (χ0n) is 8.89. The van der Waals surface area contributed by atoms with Crippen molar-refractivity contribution in [2.75, 3.05) is 5.32 Å². The molecule has 2 aromatic heterocycles. The molecule has 4 N–H and O–H groups in total. The highest BCUT2D eigenvalue weighted by Gasteiger charge is 2.11. The van der Waals surface area contributed by atoms with Crippen LogP contribution in [0.2, 0.25) is 0 Å². The van der Waals surface area contributed by atoms with Crippen molar-refractivity contribution in [2.45, 2.75) is 0 Å². The number of anilines is 1. The van der Waals surface area contributed by atoms with Crippen LogP contribution in [0.5, 0.6) is 0 Å². The van der Waals surface area contributed by atoms with Crippen LogP contribution in [-0.2, 0) is 0 Å². The van der Waals surface area contributed by atoms with Crippen molar-refractivity contribution in [2.24, 2.45) is 0 Å². The number of rotatable bonds is 2. The highest BCUT2D eigenvalue weighted by Crippen LogP contribution is 2.14. The summed E-state index contributed by atoms with van der Waals surface area (Å²) in [4.78, 5) is 27.9. The van der Waals surface area contributed by atoms with Crippen molar-refractivity contribution >= 4 is 22.6 Å². The summed E-state index contributed by atoms with van der Waals surface area (Å²) in [6.07, 6.45) is 0. The Morgan fingerprint density at radius 2 is 2.06 bits per heavy atom. The largest absolute Gasteiger partial charge is 0.323 e. The SMILES string of the molecule is O=C(Nc1ccc2[nH]c(=O)[nH]c2c1)c1nn[nH]n1. The number of carbonyl (C=O) groups excluding carboxylic acids is 1. The number of hydrogen-bond acceptors (Lipinski definition) is 5. The van der Waals surface area contributed by atoms with E-state index in [1.807, 2.05) is 0 Å². The average Bonchev–Trinajstić information content (AvgIpc) is 2.95. The Morgan fingerprint density at radius 3 is 2.83 bits per heavy atom. The Morgan fingerprint density at radius 1 is 1.22 bits per heavy atom. The molecular formula is C9H7N7O2. The summed E-state index contributed by atoms with van der Waals surface area (Å²) in [6.45, 7) is 0. The third-order valence-corrected chi connectivity index (χ3v) is 2.32. The van der Waals surface area contributed by atoms with Crippen molar-refractivity contribution in [3.8, 4) is 0 Å². The van der Waals surface area contributed by atoms with E-state index < -0.39 is 5.91 Å². The summed E-state index contributed by atoms with van der Waals surface area (Å²) in [5, 5.41) is 15.2. The Kier molecular flexibility index (Phi) is 2.15. The second-order valence-electron chi connectivity index (χ2n) is 3.53. The van der Waals surface area contributed by atoms with Crippen LogP contribution in [0.1, 0.15) is 10.6 Å². The van der Waals surface area contributed by atoms with E-state index in [-0.39, 0.29) is 11.5 Å². The topological polar surface area (TPSA) is 132 Å². The van der Waals surface area contributed by atoms with E-state index in [0.29, 0.717) is 16.7 Å². The van der Waals surface area contributed by atoms with E-state index in [1.165, 1.54) is 0 Å². The second-order valence-corrected chi connectivity index (χ2v) is 3.53. The van der Waals surface area contributed by atoms with Gasteiger partial charge in [0.25, 0.3) is 11.7 Å². The first kappa shape index (κ1) is 10.2. The number of benzene rings is 1. The van der Waals surface area contributed by atoms with Crippen molar-refractivity contribution in [1.29, 1.82) is 0 Å². The monoisotopic (exact) mass is 245 g/mol. The Balaban J connectivity index is 1.91. The van der Waals surface area contributed by atoms with Gasteiger partial charge in [0, 0.05) is 5.69 Å². The molecule has 0 saturated heterocycles. The van der Waals surface area contributed by atoms with Crippen molar-refractivity contribution in [1.82, 2.24) is 30.6 Å². The minimum Gasteiger partial charge on any atom is -0.319 e. The lowest BCUT2D eigenvalue weighted by Gasteiger charge is -2.01. The third-order valence-electron chi connectivity index (χ3n) is 2.32. The van der Waals surface area contributed by atoms with Crippen LogP contribution < -0.4 is 11.0 Å². The number of H-pyrrole nitrogens is 3. The number of amides is 1. The van der Waals surface area contributed by atoms with E-state index in [0.717, 1.165) is 0 Å². The summed E-state index contributed by atoms with van der Waals surface area (Å²) in [7, 11) is 0. The zero-order valence-corrected chi connectivity index (χ0v) is 8.89. The van der Waals surface area contributed by atoms with Gasteiger partial charge in [0.2, 0.25) is 0 Å². The summed E-state index contributed by atoms with van der Waals surface area (Å²) in [5.41, 5.74) is 1.49.